The lowest BCUT2D eigenvalue weighted by Crippen LogP contribution is -2.27. The van der Waals surface area contributed by atoms with Crippen molar-refractivity contribution in [1.82, 2.24) is 9.80 Å². The largest absolute Gasteiger partial charge is 0.492 e. The quantitative estimate of drug-likeness (QED) is 0.202. The molecule has 0 amide bonds. The third-order valence-corrected chi connectivity index (χ3v) is 7.17. The molecule has 0 saturated heterocycles. The molecule has 0 N–H and O–H groups in total. The number of nitrogens with zero attached hydrogens (tertiary/aromatic N) is 2. The van der Waals surface area contributed by atoms with Crippen LogP contribution < -0.4 is 9.47 Å². The number of rotatable bonds is 13. The molecule has 0 unspecified atom stereocenters. The van der Waals surface area contributed by atoms with Gasteiger partial charge in [-0.25, -0.2) is 0 Å². The highest BCUT2D eigenvalue weighted by Crippen LogP contribution is 2.40. The van der Waals surface area contributed by atoms with Gasteiger partial charge >= 0.3 is 0 Å². The maximum absolute atomic E-state index is 6.33. The van der Waals surface area contributed by atoms with Crippen molar-refractivity contribution >= 4 is 21.9 Å². The highest BCUT2D eigenvalue weighted by Gasteiger charge is 2.21. The Hall–Kier alpha value is -2.96. The van der Waals surface area contributed by atoms with E-state index in [-0.39, 0.29) is 0 Å². The number of ether oxygens (including phenoxy) is 2. The van der Waals surface area contributed by atoms with Crippen molar-refractivity contribution in [2.24, 2.45) is 0 Å². The van der Waals surface area contributed by atoms with Crippen LogP contribution in [0.2, 0.25) is 0 Å². The maximum Gasteiger partial charge on any atom is 0.173 e. The van der Waals surface area contributed by atoms with Crippen LogP contribution in [0.25, 0.3) is 33.5 Å². The number of aryl methyl sites for hydroxylation is 2. The minimum Gasteiger partial charge on any atom is -0.492 e. The molecular formula is C30H40N2O4. The molecule has 0 aliphatic heterocycles. The summed E-state index contributed by atoms with van der Waals surface area (Å²) in [4.78, 5) is 4.69. The number of likely N-dealkylation sites (N-methyl/N-ethyl adjacent to an activating group) is 2. The van der Waals surface area contributed by atoms with Gasteiger partial charge in [0.05, 0.1) is 0 Å². The van der Waals surface area contributed by atoms with Crippen molar-refractivity contribution in [2.45, 2.75) is 41.5 Å². The summed E-state index contributed by atoms with van der Waals surface area (Å²) in [5.74, 6) is 3.18. The highest BCUT2D eigenvalue weighted by atomic mass is 16.5. The molecule has 36 heavy (non-hydrogen) atoms. The number of benzene rings is 2. The average Bonchev–Trinajstić information content (AvgIpc) is 3.40. The van der Waals surface area contributed by atoms with Crippen molar-refractivity contribution < 1.29 is 18.3 Å². The molecule has 0 aliphatic rings. The second kappa shape index (κ2) is 11.8. The van der Waals surface area contributed by atoms with E-state index in [0.717, 1.165) is 95.4 Å². The molecule has 0 fully saturated rings. The van der Waals surface area contributed by atoms with E-state index in [2.05, 4.69) is 63.5 Å². The summed E-state index contributed by atoms with van der Waals surface area (Å²) in [6, 6.07) is 12.1. The van der Waals surface area contributed by atoms with Gasteiger partial charge in [-0.15, -0.1) is 0 Å². The molecule has 6 nitrogen and oxygen atoms in total. The van der Waals surface area contributed by atoms with E-state index in [1.54, 1.807) is 0 Å². The van der Waals surface area contributed by atoms with Gasteiger partial charge in [-0.05, 0) is 64.3 Å². The smallest absolute Gasteiger partial charge is 0.173 e. The number of hydrogen-bond donors (Lipinski definition) is 0. The van der Waals surface area contributed by atoms with Gasteiger partial charge in [-0.3, -0.25) is 0 Å². The highest BCUT2D eigenvalue weighted by molar-refractivity contribution is 5.92. The first-order valence-electron chi connectivity index (χ1n) is 13.3. The minimum absolute atomic E-state index is 0.655. The van der Waals surface area contributed by atoms with Crippen LogP contribution >= 0.6 is 0 Å². The SMILES string of the molecule is CCN(CC)CCOc1ccc2c(C)c(-c3oc4cc(OCCN(CC)CC)ccc4c3C)oc2c1. The van der Waals surface area contributed by atoms with Crippen LogP contribution in [-0.4, -0.2) is 62.3 Å². The van der Waals surface area contributed by atoms with E-state index in [9.17, 15) is 0 Å². The van der Waals surface area contributed by atoms with Crippen molar-refractivity contribution in [3.05, 3.63) is 47.5 Å². The summed E-state index contributed by atoms with van der Waals surface area (Å²) >= 11 is 0. The van der Waals surface area contributed by atoms with Crippen LogP contribution in [0, 0.1) is 13.8 Å². The predicted octanol–water partition coefficient (Wildman–Crippen LogP) is 6.90. The van der Waals surface area contributed by atoms with Crippen LogP contribution in [0.1, 0.15) is 38.8 Å². The molecule has 2 heterocycles. The first-order chi connectivity index (χ1) is 17.5. The summed E-state index contributed by atoms with van der Waals surface area (Å²) in [5.41, 5.74) is 3.75. The fraction of sp³-hybridized carbons (Fsp3) is 0.467. The van der Waals surface area contributed by atoms with Crippen molar-refractivity contribution in [3.63, 3.8) is 0 Å². The third-order valence-electron chi connectivity index (χ3n) is 7.17. The molecule has 2 aromatic heterocycles. The van der Waals surface area contributed by atoms with E-state index in [1.165, 1.54) is 0 Å². The van der Waals surface area contributed by atoms with E-state index < -0.39 is 0 Å². The second-order valence-electron chi connectivity index (χ2n) is 9.18. The standard InChI is InChI=1S/C30H40N2O4/c1-7-31(8-2)15-17-33-23-11-13-25-21(5)29(35-27(25)19-23)30-22(6)26-14-12-24(20-28(26)36-30)34-18-16-32(9-3)10-4/h11-14,19-20H,7-10,15-18H2,1-6H3. The maximum atomic E-state index is 6.33. The van der Waals surface area contributed by atoms with Gasteiger partial charge in [0, 0.05) is 47.1 Å². The Balaban J connectivity index is 1.54. The molecule has 0 aliphatic carbocycles. The predicted molar refractivity (Wildman–Crippen MR) is 147 cm³/mol. The molecular weight excluding hydrogens is 452 g/mol. The van der Waals surface area contributed by atoms with Crippen molar-refractivity contribution in [2.75, 3.05) is 52.5 Å². The molecule has 2 aromatic carbocycles. The topological polar surface area (TPSA) is 51.2 Å². The fourth-order valence-electron chi connectivity index (χ4n) is 4.69. The van der Waals surface area contributed by atoms with Crippen LogP contribution in [0.5, 0.6) is 11.5 Å². The molecule has 0 bridgehead atoms. The number of hydrogen-bond acceptors (Lipinski definition) is 6. The van der Waals surface area contributed by atoms with E-state index >= 15 is 0 Å². The van der Waals surface area contributed by atoms with Gasteiger partial charge < -0.3 is 28.1 Å². The molecule has 0 saturated carbocycles. The summed E-state index contributed by atoms with van der Waals surface area (Å²) in [6.45, 7) is 20.1. The molecule has 0 atom stereocenters. The van der Waals surface area contributed by atoms with Gasteiger partial charge in [-0.2, -0.15) is 0 Å². The Labute approximate surface area is 214 Å². The second-order valence-corrected chi connectivity index (χ2v) is 9.18. The number of furan rings is 2. The summed E-state index contributed by atoms with van der Waals surface area (Å²) < 4.78 is 24.7. The lowest BCUT2D eigenvalue weighted by atomic mass is 10.1. The zero-order valence-corrected chi connectivity index (χ0v) is 22.6. The third kappa shape index (κ3) is 5.55. The number of fused-ring (bicyclic) bond motifs is 2. The summed E-state index contributed by atoms with van der Waals surface area (Å²) in [7, 11) is 0. The Kier molecular flexibility index (Phi) is 8.60. The van der Waals surface area contributed by atoms with Crippen LogP contribution in [0.15, 0.2) is 45.2 Å². The zero-order valence-electron chi connectivity index (χ0n) is 22.6. The first kappa shape index (κ1) is 26.1. The van der Waals surface area contributed by atoms with Crippen molar-refractivity contribution in [1.29, 1.82) is 0 Å². The summed E-state index contributed by atoms with van der Waals surface area (Å²) in [6.07, 6.45) is 0. The first-order valence-corrected chi connectivity index (χ1v) is 13.3. The van der Waals surface area contributed by atoms with Gasteiger partial charge in [0.15, 0.2) is 11.5 Å². The molecule has 0 spiro atoms. The molecule has 194 valence electrons. The van der Waals surface area contributed by atoms with E-state index in [0.29, 0.717) is 13.2 Å². The van der Waals surface area contributed by atoms with Gasteiger partial charge in [0.1, 0.15) is 35.9 Å². The van der Waals surface area contributed by atoms with Gasteiger partial charge in [-0.1, -0.05) is 27.7 Å². The molecule has 4 rings (SSSR count). The summed E-state index contributed by atoms with van der Waals surface area (Å²) in [5, 5.41) is 2.14. The lowest BCUT2D eigenvalue weighted by molar-refractivity contribution is 0.223. The lowest BCUT2D eigenvalue weighted by Gasteiger charge is -2.17. The molecule has 0 radical (unpaired) electrons. The Morgan fingerprint density at radius 1 is 0.611 bits per heavy atom. The van der Waals surface area contributed by atoms with Crippen LogP contribution in [0.4, 0.5) is 0 Å². The van der Waals surface area contributed by atoms with Gasteiger partial charge in [0.25, 0.3) is 0 Å². The fourth-order valence-corrected chi connectivity index (χ4v) is 4.69. The molecule has 6 heteroatoms. The Bertz CT molecular complexity index is 1180. The monoisotopic (exact) mass is 492 g/mol. The Morgan fingerprint density at radius 3 is 1.36 bits per heavy atom. The zero-order chi connectivity index (χ0) is 25.7. The van der Waals surface area contributed by atoms with Crippen molar-refractivity contribution in [3.8, 4) is 23.0 Å². The molecule has 4 aromatic rings. The van der Waals surface area contributed by atoms with E-state index in [4.69, 9.17) is 18.3 Å². The van der Waals surface area contributed by atoms with Gasteiger partial charge in [0.2, 0.25) is 0 Å². The normalized spacial score (nSPS) is 11.9. The van der Waals surface area contributed by atoms with Crippen LogP contribution in [-0.2, 0) is 0 Å². The van der Waals surface area contributed by atoms with Crippen LogP contribution in [0.3, 0.4) is 0 Å². The Morgan fingerprint density at radius 2 is 1.00 bits per heavy atom. The minimum atomic E-state index is 0.655. The average molecular weight is 493 g/mol. The van der Waals surface area contributed by atoms with E-state index in [1.807, 2.05) is 24.3 Å².